The van der Waals surface area contributed by atoms with Crippen LogP contribution in [0.1, 0.15) is 38.6 Å². The lowest BCUT2D eigenvalue weighted by Crippen LogP contribution is -2.26. The lowest BCUT2D eigenvalue weighted by Gasteiger charge is -2.17. The van der Waals surface area contributed by atoms with Crippen LogP contribution in [0.5, 0.6) is 0 Å². The second kappa shape index (κ2) is 7.70. The molecule has 1 aromatic carbocycles. The second-order valence-electron chi connectivity index (χ2n) is 7.11. The Labute approximate surface area is 160 Å². The number of carbonyl (C=O) groups excluding carboxylic acids is 1. The molecule has 1 amide bonds. The van der Waals surface area contributed by atoms with Crippen LogP contribution in [0.15, 0.2) is 48.5 Å². The fraction of sp³-hybridized carbons (Fsp3) is 0.261. The van der Waals surface area contributed by atoms with Gasteiger partial charge in [-0.15, -0.1) is 0 Å². The molecular weight excluding hydrogens is 334 g/mol. The first kappa shape index (κ1) is 18.8. The van der Waals surface area contributed by atoms with Crippen molar-refractivity contribution in [3.63, 3.8) is 0 Å². The van der Waals surface area contributed by atoms with Gasteiger partial charge in [-0.3, -0.25) is 14.8 Å². The maximum absolute atomic E-state index is 12.7. The molecule has 0 fully saturated rings. The van der Waals surface area contributed by atoms with Crippen LogP contribution in [-0.4, -0.2) is 27.8 Å². The molecule has 2 heterocycles. The summed E-state index contributed by atoms with van der Waals surface area (Å²) < 4.78 is 0. The van der Waals surface area contributed by atoms with Crippen LogP contribution in [-0.2, 0) is 6.54 Å². The van der Waals surface area contributed by atoms with Gasteiger partial charge in [0.1, 0.15) is 0 Å². The molecule has 0 aliphatic rings. The van der Waals surface area contributed by atoms with E-state index < -0.39 is 0 Å². The van der Waals surface area contributed by atoms with Crippen LogP contribution in [0.4, 0.5) is 0 Å². The van der Waals surface area contributed by atoms with E-state index in [0.717, 1.165) is 33.9 Å². The molecule has 3 rings (SSSR count). The van der Waals surface area contributed by atoms with Gasteiger partial charge < -0.3 is 4.90 Å². The number of amides is 1. The number of aryl methyl sites for hydroxylation is 4. The van der Waals surface area contributed by atoms with E-state index in [1.165, 1.54) is 5.56 Å². The Kier molecular flexibility index (Phi) is 5.36. The molecule has 0 radical (unpaired) electrons. The molecule has 0 saturated carbocycles. The van der Waals surface area contributed by atoms with Gasteiger partial charge in [-0.05, 0) is 69.2 Å². The zero-order valence-corrected chi connectivity index (χ0v) is 16.6. The third kappa shape index (κ3) is 4.40. The summed E-state index contributed by atoms with van der Waals surface area (Å²) in [5, 5.41) is 0. The van der Waals surface area contributed by atoms with Crippen molar-refractivity contribution in [2.45, 2.75) is 34.2 Å². The molecule has 0 saturated heterocycles. The number of benzene rings is 1. The van der Waals surface area contributed by atoms with Crippen molar-refractivity contribution in [1.82, 2.24) is 14.9 Å². The Bertz CT molecular complexity index is 957. The molecule has 138 valence electrons. The first-order valence-corrected chi connectivity index (χ1v) is 9.08. The largest absolute Gasteiger partial charge is 0.336 e. The lowest BCUT2D eigenvalue weighted by atomic mass is 10.1. The normalized spacial score (nSPS) is 10.7. The maximum atomic E-state index is 12.7. The first-order chi connectivity index (χ1) is 12.8. The molecule has 0 spiro atoms. The fourth-order valence-electron chi connectivity index (χ4n) is 3.12. The standard InChI is InChI=1S/C23H25N3O/c1-15-12-17(3)24-21(13-15)14-26(5)23(27)20-9-7-19(8-10-20)22-11-6-16(2)18(4)25-22/h6-13H,14H2,1-5H3. The molecule has 0 aliphatic carbocycles. The van der Waals surface area contributed by atoms with Gasteiger partial charge in [0.2, 0.25) is 0 Å². The van der Waals surface area contributed by atoms with Crippen molar-refractivity contribution in [3.05, 3.63) is 82.3 Å². The van der Waals surface area contributed by atoms with Gasteiger partial charge in [0.25, 0.3) is 5.91 Å². The summed E-state index contributed by atoms with van der Waals surface area (Å²) in [7, 11) is 1.81. The predicted octanol–water partition coefficient (Wildman–Crippen LogP) is 4.65. The van der Waals surface area contributed by atoms with Crippen molar-refractivity contribution in [2.24, 2.45) is 0 Å². The quantitative estimate of drug-likeness (QED) is 0.681. The van der Waals surface area contributed by atoms with E-state index >= 15 is 0 Å². The molecule has 4 nitrogen and oxygen atoms in total. The monoisotopic (exact) mass is 359 g/mol. The molecular formula is C23H25N3O. The molecule has 0 bridgehead atoms. The molecule has 3 aromatic rings. The summed E-state index contributed by atoms with van der Waals surface area (Å²) in [5.41, 5.74) is 7.81. The van der Waals surface area contributed by atoms with Crippen molar-refractivity contribution in [1.29, 1.82) is 0 Å². The smallest absolute Gasteiger partial charge is 0.253 e. The Hall–Kier alpha value is -3.01. The van der Waals surface area contributed by atoms with E-state index in [2.05, 4.69) is 16.0 Å². The first-order valence-electron chi connectivity index (χ1n) is 9.08. The summed E-state index contributed by atoms with van der Waals surface area (Å²) in [6.45, 7) is 8.56. The van der Waals surface area contributed by atoms with E-state index in [1.54, 1.807) is 11.9 Å². The highest BCUT2D eigenvalue weighted by Crippen LogP contribution is 2.20. The van der Waals surface area contributed by atoms with Crippen LogP contribution in [0.3, 0.4) is 0 Å². The zero-order valence-electron chi connectivity index (χ0n) is 16.6. The van der Waals surface area contributed by atoms with E-state index in [4.69, 9.17) is 0 Å². The average molecular weight is 359 g/mol. The van der Waals surface area contributed by atoms with Crippen LogP contribution in [0.2, 0.25) is 0 Å². The van der Waals surface area contributed by atoms with Crippen molar-refractivity contribution >= 4 is 5.91 Å². The molecule has 2 aromatic heterocycles. The van der Waals surface area contributed by atoms with E-state index in [-0.39, 0.29) is 5.91 Å². The highest BCUT2D eigenvalue weighted by atomic mass is 16.2. The minimum absolute atomic E-state index is 0.0180. The summed E-state index contributed by atoms with van der Waals surface area (Å²) in [6.07, 6.45) is 0. The van der Waals surface area contributed by atoms with Crippen LogP contribution in [0, 0.1) is 27.7 Å². The summed E-state index contributed by atoms with van der Waals surface area (Å²) in [4.78, 5) is 23.6. The maximum Gasteiger partial charge on any atom is 0.253 e. The Balaban J connectivity index is 1.75. The van der Waals surface area contributed by atoms with E-state index in [9.17, 15) is 4.79 Å². The Morgan fingerprint density at radius 1 is 0.926 bits per heavy atom. The third-order valence-electron chi connectivity index (χ3n) is 4.67. The van der Waals surface area contributed by atoms with Crippen molar-refractivity contribution in [2.75, 3.05) is 7.05 Å². The number of hydrogen-bond acceptors (Lipinski definition) is 3. The minimum Gasteiger partial charge on any atom is -0.336 e. The molecule has 27 heavy (non-hydrogen) atoms. The SMILES string of the molecule is Cc1cc(C)nc(CN(C)C(=O)c2ccc(-c3ccc(C)c(C)n3)cc2)c1. The fourth-order valence-corrected chi connectivity index (χ4v) is 3.12. The Morgan fingerprint density at radius 3 is 2.26 bits per heavy atom. The van der Waals surface area contributed by atoms with Crippen LogP contribution in [0.25, 0.3) is 11.3 Å². The number of pyridine rings is 2. The predicted molar refractivity (Wildman–Crippen MR) is 109 cm³/mol. The summed E-state index contributed by atoms with van der Waals surface area (Å²) in [6, 6.07) is 15.8. The minimum atomic E-state index is -0.0180. The van der Waals surface area contributed by atoms with Gasteiger partial charge in [-0.25, -0.2) is 0 Å². The molecule has 0 N–H and O–H groups in total. The van der Waals surface area contributed by atoms with Gasteiger partial charge in [0.05, 0.1) is 17.9 Å². The number of carbonyl (C=O) groups is 1. The van der Waals surface area contributed by atoms with E-state index in [1.807, 2.05) is 70.2 Å². The number of aromatic nitrogens is 2. The van der Waals surface area contributed by atoms with Crippen molar-refractivity contribution in [3.8, 4) is 11.3 Å². The lowest BCUT2D eigenvalue weighted by molar-refractivity contribution is 0.0783. The number of rotatable bonds is 4. The molecule has 0 unspecified atom stereocenters. The number of hydrogen-bond donors (Lipinski definition) is 0. The van der Waals surface area contributed by atoms with Gasteiger partial charge in [-0.1, -0.05) is 18.2 Å². The summed E-state index contributed by atoms with van der Waals surface area (Å²) >= 11 is 0. The molecule has 0 aliphatic heterocycles. The molecule has 4 heteroatoms. The second-order valence-corrected chi connectivity index (χ2v) is 7.11. The van der Waals surface area contributed by atoms with Gasteiger partial charge in [0, 0.05) is 29.6 Å². The Morgan fingerprint density at radius 2 is 1.63 bits per heavy atom. The highest BCUT2D eigenvalue weighted by Gasteiger charge is 2.13. The van der Waals surface area contributed by atoms with Crippen molar-refractivity contribution < 1.29 is 4.79 Å². The highest BCUT2D eigenvalue weighted by molar-refractivity contribution is 5.94. The van der Waals surface area contributed by atoms with Gasteiger partial charge in [-0.2, -0.15) is 0 Å². The summed E-state index contributed by atoms with van der Waals surface area (Å²) in [5.74, 6) is -0.0180. The zero-order chi connectivity index (χ0) is 19.6. The average Bonchev–Trinajstić information content (AvgIpc) is 2.62. The van der Waals surface area contributed by atoms with Gasteiger partial charge >= 0.3 is 0 Å². The van der Waals surface area contributed by atoms with Crippen LogP contribution < -0.4 is 0 Å². The third-order valence-corrected chi connectivity index (χ3v) is 4.67. The van der Waals surface area contributed by atoms with E-state index in [0.29, 0.717) is 12.1 Å². The molecule has 0 atom stereocenters. The van der Waals surface area contributed by atoms with Gasteiger partial charge in [0.15, 0.2) is 0 Å². The topological polar surface area (TPSA) is 46.1 Å². The number of nitrogens with zero attached hydrogens (tertiary/aromatic N) is 3. The van der Waals surface area contributed by atoms with Crippen LogP contribution >= 0.6 is 0 Å².